The highest BCUT2D eigenvalue weighted by atomic mass is 16.5. The molecule has 0 saturated heterocycles. The van der Waals surface area contributed by atoms with E-state index >= 15 is 0 Å². The molecule has 0 aliphatic heterocycles. The fourth-order valence-electron chi connectivity index (χ4n) is 2.35. The molecule has 0 radical (unpaired) electrons. The summed E-state index contributed by atoms with van der Waals surface area (Å²) in [5, 5.41) is 12.6. The Morgan fingerprint density at radius 1 is 1.29 bits per heavy atom. The number of carbonyl (C=O) groups is 1. The minimum absolute atomic E-state index is 0.0871. The van der Waals surface area contributed by atoms with E-state index in [-0.39, 0.29) is 11.7 Å². The van der Waals surface area contributed by atoms with Crippen LogP contribution in [-0.2, 0) is 12.8 Å². The summed E-state index contributed by atoms with van der Waals surface area (Å²) in [6, 6.07) is 9.78. The Balaban J connectivity index is 1.86. The van der Waals surface area contributed by atoms with Crippen LogP contribution in [0.2, 0.25) is 0 Å². The Morgan fingerprint density at radius 2 is 1.94 bits per heavy atom. The Bertz CT molecular complexity index is 549. The molecule has 1 heterocycles. The second-order valence-electron chi connectivity index (χ2n) is 4.30. The van der Waals surface area contributed by atoms with Crippen LogP contribution in [0.1, 0.15) is 33.3 Å². The van der Waals surface area contributed by atoms with Gasteiger partial charge in [-0.3, -0.25) is 0 Å². The topological polar surface area (TPSA) is 63.3 Å². The molecule has 1 aliphatic rings. The van der Waals surface area contributed by atoms with Gasteiger partial charge in [0.25, 0.3) is 0 Å². The molecule has 0 amide bonds. The van der Waals surface area contributed by atoms with Crippen molar-refractivity contribution in [1.82, 2.24) is 5.16 Å². The molecule has 86 valence electrons. The Kier molecular flexibility index (Phi) is 2.21. The minimum Gasteiger partial charge on any atom is -0.475 e. The largest absolute Gasteiger partial charge is 0.475 e. The predicted octanol–water partition coefficient (Wildman–Crippen LogP) is 2.26. The third-order valence-electron chi connectivity index (χ3n) is 3.21. The fraction of sp³-hybridized carbons (Fsp3) is 0.231. The third-order valence-corrected chi connectivity index (χ3v) is 3.21. The van der Waals surface area contributed by atoms with E-state index in [0.29, 0.717) is 0 Å². The highest BCUT2D eigenvalue weighted by molar-refractivity contribution is 5.84. The van der Waals surface area contributed by atoms with Crippen molar-refractivity contribution in [2.24, 2.45) is 0 Å². The molecule has 0 saturated carbocycles. The molecule has 2 aromatic rings. The van der Waals surface area contributed by atoms with Crippen LogP contribution in [-0.4, -0.2) is 16.2 Å². The zero-order chi connectivity index (χ0) is 11.8. The number of carboxylic acids is 1. The van der Waals surface area contributed by atoms with Gasteiger partial charge in [-0.1, -0.05) is 29.4 Å². The van der Waals surface area contributed by atoms with Gasteiger partial charge in [0.15, 0.2) is 0 Å². The van der Waals surface area contributed by atoms with Crippen molar-refractivity contribution in [1.29, 1.82) is 0 Å². The quantitative estimate of drug-likeness (QED) is 0.857. The number of benzene rings is 1. The molecule has 4 nitrogen and oxygen atoms in total. The van der Waals surface area contributed by atoms with Gasteiger partial charge >= 0.3 is 5.97 Å². The van der Waals surface area contributed by atoms with E-state index in [1.165, 1.54) is 17.2 Å². The van der Waals surface area contributed by atoms with Crippen LogP contribution in [0.5, 0.6) is 0 Å². The second-order valence-corrected chi connectivity index (χ2v) is 4.30. The lowest BCUT2D eigenvalue weighted by Gasteiger charge is -2.01. The maximum Gasteiger partial charge on any atom is 0.374 e. The Hall–Kier alpha value is -2.10. The van der Waals surface area contributed by atoms with Crippen LogP contribution in [0.25, 0.3) is 0 Å². The van der Waals surface area contributed by atoms with Gasteiger partial charge in [0, 0.05) is 12.0 Å². The van der Waals surface area contributed by atoms with Crippen LogP contribution in [0.4, 0.5) is 0 Å². The van der Waals surface area contributed by atoms with Gasteiger partial charge < -0.3 is 9.63 Å². The second kappa shape index (κ2) is 3.73. The van der Waals surface area contributed by atoms with E-state index in [2.05, 4.69) is 17.3 Å². The Morgan fingerprint density at radius 3 is 2.47 bits per heavy atom. The van der Waals surface area contributed by atoms with Crippen molar-refractivity contribution in [3.8, 4) is 0 Å². The van der Waals surface area contributed by atoms with Crippen molar-refractivity contribution in [3.05, 3.63) is 52.9 Å². The smallest absolute Gasteiger partial charge is 0.374 e. The normalized spacial score (nSPS) is 14.8. The third kappa shape index (κ3) is 1.71. The van der Waals surface area contributed by atoms with Crippen molar-refractivity contribution >= 4 is 5.97 Å². The first kappa shape index (κ1) is 10.1. The summed E-state index contributed by atoms with van der Waals surface area (Å²) in [5.41, 5.74) is 3.37. The summed E-state index contributed by atoms with van der Waals surface area (Å²) < 4.78 is 4.79. The van der Waals surface area contributed by atoms with Gasteiger partial charge in [-0.05, 0) is 24.0 Å². The first-order valence-electron chi connectivity index (χ1n) is 5.51. The number of hydrogen-bond donors (Lipinski definition) is 1. The van der Waals surface area contributed by atoms with Gasteiger partial charge in [0.2, 0.25) is 5.76 Å². The molecule has 3 rings (SSSR count). The number of aromatic carboxylic acids is 1. The first-order valence-corrected chi connectivity index (χ1v) is 5.51. The highest BCUT2D eigenvalue weighted by Crippen LogP contribution is 2.33. The van der Waals surface area contributed by atoms with Crippen molar-refractivity contribution in [2.75, 3.05) is 0 Å². The summed E-state index contributed by atoms with van der Waals surface area (Å²) in [6.45, 7) is 0. The molecule has 17 heavy (non-hydrogen) atoms. The highest BCUT2D eigenvalue weighted by Gasteiger charge is 2.26. The van der Waals surface area contributed by atoms with E-state index in [1.54, 1.807) is 0 Å². The van der Waals surface area contributed by atoms with Crippen LogP contribution < -0.4 is 0 Å². The molecule has 0 unspecified atom stereocenters. The van der Waals surface area contributed by atoms with Crippen LogP contribution >= 0.6 is 0 Å². The average Bonchev–Trinajstić information content (AvgIpc) is 2.95. The zero-order valence-electron chi connectivity index (χ0n) is 9.09. The van der Waals surface area contributed by atoms with Crippen LogP contribution in [0.3, 0.4) is 0 Å². The van der Waals surface area contributed by atoms with Crippen molar-refractivity contribution in [3.63, 3.8) is 0 Å². The van der Waals surface area contributed by atoms with Crippen molar-refractivity contribution < 1.29 is 14.4 Å². The lowest BCUT2D eigenvalue weighted by molar-refractivity contribution is 0.0652. The number of hydrogen-bond acceptors (Lipinski definition) is 3. The summed E-state index contributed by atoms with van der Waals surface area (Å²) in [6.07, 6.45) is 1.81. The first-order chi connectivity index (χ1) is 8.24. The molecule has 4 heteroatoms. The minimum atomic E-state index is -1.07. The standard InChI is InChI=1S/C13H11NO3/c15-13(16)12-7-11(14-17-12)10-5-8-3-1-2-4-9(8)6-10/h1-4,7,10H,5-6H2,(H,15,16). The lowest BCUT2D eigenvalue weighted by Crippen LogP contribution is -1.98. The van der Waals surface area contributed by atoms with E-state index in [0.717, 1.165) is 18.5 Å². The van der Waals surface area contributed by atoms with Crippen molar-refractivity contribution in [2.45, 2.75) is 18.8 Å². The molecule has 1 N–H and O–H groups in total. The summed E-state index contributed by atoms with van der Waals surface area (Å²) in [7, 11) is 0. The van der Waals surface area contributed by atoms with Gasteiger partial charge in [0.1, 0.15) is 0 Å². The summed E-state index contributed by atoms with van der Waals surface area (Å²) in [5.74, 6) is -0.917. The monoisotopic (exact) mass is 229 g/mol. The fourth-order valence-corrected chi connectivity index (χ4v) is 2.35. The number of nitrogens with zero attached hydrogens (tertiary/aromatic N) is 1. The molecule has 1 aromatic heterocycles. The summed E-state index contributed by atoms with van der Waals surface area (Å²) >= 11 is 0. The maximum absolute atomic E-state index is 10.7. The maximum atomic E-state index is 10.7. The molecule has 0 fully saturated rings. The molecule has 0 bridgehead atoms. The Labute approximate surface area is 97.9 Å². The molecule has 0 spiro atoms. The molecular formula is C13H11NO3. The average molecular weight is 229 g/mol. The van der Waals surface area contributed by atoms with Crippen LogP contribution in [0.15, 0.2) is 34.9 Å². The van der Waals surface area contributed by atoms with E-state index in [1.807, 2.05) is 12.1 Å². The number of rotatable bonds is 2. The SMILES string of the molecule is O=C(O)c1cc(C2Cc3ccccc3C2)no1. The number of aromatic nitrogens is 1. The van der Waals surface area contributed by atoms with Gasteiger partial charge in [-0.15, -0.1) is 0 Å². The van der Waals surface area contributed by atoms with E-state index in [4.69, 9.17) is 9.63 Å². The van der Waals surface area contributed by atoms with Gasteiger partial charge in [-0.25, -0.2) is 4.79 Å². The summed E-state index contributed by atoms with van der Waals surface area (Å²) in [4.78, 5) is 10.7. The van der Waals surface area contributed by atoms with E-state index in [9.17, 15) is 4.79 Å². The number of fused-ring (bicyclic) bond motifs is 1. The molecule has 0 atom stereocenters. The lowest BCUT2D eigenvalue weighted by atomic mass is 10.0. The predicted molar refractivity (Wildman–Crippen MR) is 60.1 cm³/mol. The zero-order valence-corrected chi connectivity index (χ0v) is 9.09. The van der Waals surface area contributed by atoms with Crippen LogP contribution in [0, 0.1) is 0 Å². The molecule has 1 aromatic carbocycles. The molecular weight excluding hydrogens is 218 g/mol. The van der Waals surface area contributed by atoms with Gasteiger partial charge in [0.05, 0.1) is 5.69 Å². The van der Waals surface area contributed by atoms with E-state index < -0.39 is 5.97 Å². The number of carboxylic acid groups (broad SMARTS) is 1. The molecule has 1 aliphatic carbocycles. The van der Waals surface area contributed by atoms with Gasteiger partial charge in [-0.2, -0.15) is 0 Å².